The summed E-state index contributed by atoms with van der Waals surface area (Å²) in [7, 11) is 0. The minimum atomic E-state index is -0.240. The maximum absolute atomic E-state index is 11.9. The van der Waals surface area contributed by atoms with E-state index in [4.69, 9.17) is 4.52 Å². The van der Waals surface area contributed by atoms with Gasteiger partial charge in [0, 0.05) is 23.2 Å². The number of anilines is 2. The summed E-state index contributed by atoms with van der Waals surface area (Å²) < 4.78 is 4.85. The number of hydrogen-bond donors (Lipinski definition) is 3. The smallest absolute Gasteiger partial charge is 0.235 e. The molecule has 0 bridgehead atoms. The molecule has 0 aromatic carbocycles. The lowest BCUT2D eigenvalue weighted by atomic mass is 9.92. The van der Waals surface area contributed by atoms with Crippen LogP contribution in [0.25, 0.3) is 0 Å². The second-order valence-corrected chi connectivity index (χ2v) is 7.31. The SMILES string of the molecule is Cc1cc(NC(=O)CSCC(=O)Nc2cc(C(C)(C)C)[nH]n2)no1. The average Bonchev–Trinajstić information content (AvgIpc) is 3.07. The lowest BCUT2D eigenvalue weighted by Crippen LogP contribution is -2.18. The van der Waals surface area contributed by atoms with Crippen LogP contribution in [0.1, 0.15) is 32.2 Å². The molecule has 9 heteroatoms. The molecule has 24 heavy (non-hydrogen) atoms. The number of amides is 2. The third-order valence-corrected chi connectivity index (χ3v) is 3.95. The zero-order chi connectivity index (χ0) is 17.7. The fourth-order valence-electron chi connectivity index (χ4n) is 1.79. The van der Waals surface area contributed by atoms with Crippen molar-refractivity contribution in [2.75, 3.05) is 22.1 Å². The van der Waals surface area contributed by atoms with Gasteiger partial charge in [-0.15, -0.1) is 11.8 Å². The summed E-state index contributed by atoms with van der Waals surface area (Å²) in [6.07, 6.45) is 0. The number of carbonyl (C=O) groups is 2. The van der Waals surface area contributed by atoms with Crippen molar-refractivity contribution in [1.29, 1.82) is 0 Å². The van der Waals surface area contributed by atoms with Crippen LogP contribution >= 0.6 is 11.8 Å². The molecule has 0 radical (unpaired) electrons. The normalized spacial score (nSPS) is 11.3. The summed E-state index contributed by atoms with van der Waals surface area (Å²) in [5.74, 6) is 1.32. The van der Waals surface area contributed by atoms with Crippen LogP contribution in [0.5, 0.6) is 0 Å². The summed E-state index contributed by atoms with van der Waals surface area (Å²) >= 11 is 1.21. The van der Waals surface area contributed by atoms with Gasteiger partial charge in [0.25, 0.3) is 0 Å². The molecule has 8 nitrogen and oxygen atoms in total. The lowest BCUT2D eigenvalue weighted by Gasteiger charge is -2.14. The number of carbonyl (C=O) groups excluding carboxylic acids is 2. The van der Waals surface area contributed by atoms with Crippen LogP contribution in [0.15, 0.2) is 16.7 Å². The minimum absolute atomic E-state index is 0.0672. The molecule has 2 rings (SSSR count). The number of H-pyrrole nitrogens is 1. The van der Waals surface area contributed by atoms with E-state index >= 15 is 0 Å². The van der Waals surface area contributed by atoms with Gasteiger partial charge >= 0.3 is 0 Å². The highest BCUT2D eigenvalue weighted by atomic mass is 32.2. The Morgan fingerprint density at radius 1 is 1.17 bits per heavy atom. The van der Waals surface area contributed by atoms with Crippen molar-refractivity contribution in [3.05, 3.63) is 23.6 Å². The van der Waals surface area contributed by atoms with Gasteiger partial charge in [0.1, 0.15) is 5.76 Å². The molecule has 3 N–H and O–H groups in total. The quantitative estimate of drug-likeness (QED) is 0.736. The maximum atomic E-state index is 11.9. The Morgan fingerprint density at radius 2 is 1.79 bits per heavy atom. The average molecular weight is 351 g/mol. The van der Waals surface area contributed by atoms with E-state index in [1.807, 2.05) is 6.07 Å². The van der Waals surface area contributed by atoms with E-state index in [-0.39, 0.29) is 28.7 Å². The fourth-order valence-corrected chi connectivity index (χ4v) is 2.41. The van der Waals surface area contributed by atoms with Crippen LogP contribution in [0.2, 0.25) is 0 Å². The highest BCUT2D eigenvalue weighted by molar-refractivity contribution is 8.00. The van der Waals surface area contributed by atoms with E-state index in [9.17, 15) is 9.59 Å². The first-order valence-corrected chi connectivity index (χ1v) is 8.56. The molecule has 2 heterocycles. The first-order chi connectivity index (χ1) is 11.2. The largest absolute Gasteiger partial charge is 0.360 e. The highest BCUT2D eigenvalue weighted by Gasteiger charge is 2.17. The Balaban J connectivity index is 1.71. The van der Waals surface area contributed by atoms with E-state index in [2.05, 4.69) is 46.8 Å². The van der Waals surface area contributed by atoms with Crippen LogP contribution in [0.3, 0.4) is 0 Å². The number of thioether (sulfide) groups is 1. The topological polar surface area (TPSA) is 113 Å². The zero-order valence-corrected chi connectivity index (χ0v) is 14.9. The molecule has 0 fully saturated rings. The Bertz CT molecular complexity index is 717. The standard InChI is InChI=1S/C15H21N5O3S/c1-9-5-12(20-23-9)17-14(22)8-24-7-13(21)16-11-6-10(18-19-11)15(2,3)4/h5-6H,7-8H2,1-4H3,(H,17,20,22)(H2,16,18,19,21). The number of rotatable bonds is 6. The van der Waals surface area contributed by atoms with Gasteiger partial charge in [0.15, 0.2) is 11.6 Å². The predicted octanol–water partition coefficient (Wildman–Crippen LogP) is 2.31. The van der Waals surface area contributed by atoms with Gasteiger partial charge in [0.05, 0.1) is 11.5 Å². The molecule has 2 aromatic heterocycles. The molecule has 0 atom stereocenters. The summed E-state index contributed by atoms with van der Waals surface area (Å²) in [6.45, 7) is 7.90. The molecule has 0 aliphatic rings. The third kappa shape index (κ3) is 5.41. The van der Waals surface area contributed by atoms with Gasteiger partial charge in [-0.05, 0) is 6.92 Å². The summed E-state index contributed by atoms with van der Waals surface area (Å²) in [6, 6.07) is 3.43. The Labute approximate surface area is 144 Å². The van der Waals surface area contributed by atoms with Crippen LogP contribution in [0, 0.1) is 6.92 Å². The van der Waals surface area contributed by atoms with Crippen molar-refractivity contribution >= 4 is 35.2 Å². The van der Waals surface area contributed by atoms with Crippen molar-refractivity contribution < 1.29 is 14.1 Å². The van der Waals surface area contributed by atoms with E-state index in [1.165, 1.54) is 11.8 Å². The number of hydrogen-bond acceptors (Lipinski definition) is 6. The van der Waals surface area contributed by atoms with Gasteiger partial charge in [-0.1, -0.05) is 25.9 Å². The summed E-state index contributed by atoms with van der Waals surface area (Å²) in [4.78, 5) is 23.6. The van der Waals surface area contributed by atoms with E-state index in [0.717, 1.165) is 5.69 Å². The number of aromatic amines is 1. The van der Waals surface area contributed by atoms with Crippen molar-refractivity contribution in [1.82, 2.24) is 15.4 Å². The third-order valence-electron chi connectivity index (χ3n) is 3.02. The number of nitrogens with zero attached hydrogens (tertiary/aromatic N) is 2. The van der Waals surface area contributed by atoms with E-state index in [1.54, 1.807) is 13.0 Å². The molecular weight excluding hydrogens is 330 g/mol. The number of aromatic nitrogens is 3. The Kier molecular flexibility index (Phi) is 5.66. The fraction of sp³-hybridized carbons (Fsp3) is 0.467. The van der Waals surface area contributed by atoms with E-state index < -0.39 is 0 Å². The second-order valence-electron chi connectivity index (χ2n) is 6.33. The van der Waals surface area contributed by atoms with Crippen LogP contribution in [-0.4, -0.2) is 38.7 Å². The summed E-state index contributed by atoms with van der Waals surface area (Å²) in [5.41, 5.74) is 0.871. The van der Waals surface area contributed by atoms with Gasteiger partial charge < -0.3 is 15.2 Å². The molecule has 2 amide bonds. The number of aryl methyl sites for hydroxylation is 1. The van der Waals surface area contributed by atoms with Crippen LogP contribution in [0.4, 0.5) is 11.6 Å². The lowest BCUT2D eigenvalue weighted by molar-refractivity contribution is -0.114. The molecule has 0 unspecified atom stereocenters. The first kappa shape index (κ1) is 18.1. The molecule has 130 valence electrons. The summed E-state index contributed by atoms with van der Waals surface area (Å²) in [5, 5.41) is 15.9. The molecule has 0 spiro atoms. The monoisotopic (exact) mass is 351 g/mol. The Hall–Kier alpha value is -2.29. The maximum Gasteiger partial charge on any atom is 0.235 e. The van der Waals surface area contributed by atoms with Gasteiger partial charge in [-0.25, -0.2) is 0 Å². The minimum Gasteiger partial charge on any atom is -0.360 e. The van der Waals surface area contributed by atoms with Gasteiger partial charge in [0.2, 0.25) is 11.8 Å². The highest BCUT2D eigenvalue weighted by Crippen LogP contribution is 2.21. The van der Waals surface area contributed by atoms with Gasteiger partial charge in [-0.3, -0.25) is 14.7 Å². The van der Waals surface area contributed by atoms with Crippen LogP contribution in [-0.2, 0) is 15.0 Å². The van der Waals surface area contributed by atoms with Crippen molar-refractivity contribution in [2.24, 2.45) is 0 Å². The second kappa shape index (κ2) is 7.52. The molecule has 0 aliphatic heterocycles. The first-order valence-electron chi connectivity index (χ1n) is 7.40. The molecule has 0 saturated carbocycles. The van der Waals surface area contributed by atoms with Crippen LogP contribution < -0.4 is 10.6 Å². The molecular formula is C15H21N5O3S. The van der Waals surface area contributed by atoms with Crippen molar-refractivity contribution in [2.45, 2.75) is 33.1 Å². The molecule has 2 aromatic rings. The molecule has 0 saturated heterocycles. The molecule has 0 aliphatic carbocycles. The van der Waals surface area contributed by atoms with Gasteiger partial charge in [-0.2, -0.15) is 5.10 Å². The van der Waals surface area contributed by atoms with Crippen molar-refractivity contribution in [3.8, 4) is 0 Å². The number of nitrogens with one attached hydrogen (secondary N) is 3. The van der Waals surface area contributed by atoms with E-state index in [0.29, 0.717) is 17.4 Å². The predicted molar refractivity (Wildman–Crippen MR) is 93.1 cm³/mol. The Morgan fingerprint density at radius 3 is 2.29 bits per heavy atom. The zero-order valence-electron chi connectivity index (χ0n) is 14.1. The van der Waals surface area contributed by atoms with Crippen molar-refractivity contribution in [3.63, 3.8) is 0 Å².